The first-order valence-electron chi connectivity index (χ1n) is 6.43. The molecule has 2 aromatic rings. The molecule has 0 aliphatic heterocycles. The molecule has 1 aliphatic rings. The summed E-state index contributed by atoms with van der Waals surface area (Å²) in [4.78, 5) is 4.18. The number of rotatable bonds is 2. The predicted octanol–water partition coefficient (Wildman–Crippen LogP) is 3.35. The van der Waals surface area contributed by atoms with Crippen molar-refractivity contribution >= 4 is 5.52 Å². The van der Waals surface area contributed by atoms with Crippen LogP contribution in [0.25, 0.3) is 5.52 Å². The first-order chi connectivity index (χ1) is 8.34. The fourth-order valence-electron chi connectivity index (χ4n) is 2.56. The molecule has 3 nitrogen and oxygen atoms in total. The van der Waals surface area contributed by atoms with Crippen molar-refractivity contribution in [2.24, 2.45) is 0 Å². The van der Waals surface area contributed by atoms with Gasteiger partial charge in [-0.25, -0.2) is 4.98 Å². The van der Waals surface area contributed by atoms with Crippen molar-refractivity contribution < 1.29 is 4.74 Å². The first kappa shape index (κ1) is 10.6. The smallest absolute Gasteiger partial charge is 0.202 e. The van der Waals surface area contributed by atoms with Gasteiger partial charge in [0, 0.05) is 5.56 Å². The van der Waals surface area contributed by atoms with E-state index in [1.807, 2.05) is 16.9 Å². The van der Waals surface area contributed by atoms with Crippen LogP contribution in [0.3, 0.4) is 0 Å². The quantitative estimate of drug-likeness (QED) is 0.791. The molecule has 90 valence electrons. The summed E-state index contributed by atoms with van der Waals surface area (Å²) in [6.45, 7) is 2.09. The van der Waals surface area contributed by atoms with E-state index in [4.69, 9.17) is 4.74 Å². The number of hydrogen-bond donors (Lipinski definition) is 0. The van der Waals surface area contributed by atoms with Gasteiger partial charge in [0.25, 0.3) is 0 Å². The van der Waals surface area contributed by atoms with E-state index in [-0.39, 0.29) is 0 Å². The summed E-state index contributed by atoms with van der Waals surface area (Å²) in [5.41, 5.74) is 2.28. The normalized spacial score (nSPS) is 17.5. The average Bonchev–Trinajstić information content (AvgIpc) is 2.83. The fourth-order valence-corrected chi connectivity index (χ4v) is 2.56. The van der Waals surface area contributed by atoms with Gasteiger partial charge in [-0.3, -0.25) is 4.40 Å². The van der Waals surface area contributed by atoms with Crippen LogP contribution < -0.4 is 4.74 Å². The lowest BCUT2D eigenvalue weighted by molar-refractivity contribution is 0.146. The minimum Gasteiger partial charge on any atom is -0.475 e. The molecule has 1 fully saturated rings. The topological polar surface area (TPSA) is 26.5 Å². The maximum atomic E-state index is 6.18. The summed E-state index contributed by atoms with van der Waals surface area (Å²) in [6.07, 6.45) is 10.4. The van der Waals surface area contributed by atoms with Crippen LogP contribution in [-0.2, 0) is 0 Å². The van der Waals surface area contributed by atoms with Crippen LogP contribution in [0.15, 0.2) is 24.7 Å². The van der Waals surface area contributed by atoms with E-state index in [0.29, 0.717) is 6.10 Å². The lowest BCUT2D eigenvalue weighted by Gasteiger charge is -2.24. The summed E-state index contributed by atoms with van der Waals surface area (Å²) in [6, 6.07) is 4.19. The summed E-state index contributed by atoms with van der Waals surface area (Å²) in [5, 5.41) is 0. The van der Waals surface area contributed by atoms with Gasteiger partial charge in [0.2, 0.25) is 5.88 Å². The molecule has 2 aromatic heterocycles. The first-order valence-corrected chi connectivity index (χ1v) is 6.43. The highest BCUT2D eigenvalue weighted by atomic mass is 16.5. The van der Waals surface area contributed by atoms with E-state index in [2.05, 4.69) is 24.0 Å². The molecule has 2 heterocycles. The van der Waals surface area contributed by atoms with E-state index in [9.17, 15) is 0 Å². The molecular formula is C14H18N2O. The molecule has 0 bridgehead atoms. The highest BCUT2D eigenvalue weighted by Gasteiger charge is 2.17. The summed E-state index contributed by atoms with van der Waals surface area (Å²) in [5.74, 6) is 0.965. The molecule has 3 rings (SSSR count). The molecule has 1 aliphatic carbocycles. The number of hydrogen-bond acceptors (Lipinski definition) is 2. The highest BCUT2D eigenvalue weighted by Crippen LogP contribution is 2.26. The Labute approximate surface area is 101 Å². The second kappa shape index (κ2) is 4.40. The second-order valence-electron chi connectivity index (χ2n) is 4.89. The molecule has 0 N–H and O–H groups in total. The number of fused-ring (bicyclic) bond motifs is 1. The molecule has 0 atom stereocenters. The maximum absolute atomic E-state index is 6.18. The zero-order chi connectivity index (χ0) is 11.7. The van der Waals surface area contributed by atoms with Crippen molar-refractivity contribution in [1.82, 2.24) is 9.38 Å². The van der Waals surface area contributed by atoms with Gasteiger partial charge in [-0.05, 0) is 38.7 Å². The van der Waals surface area contributed by atoms with Crippen molar-refractivity contribution in [2.45, 2.75) is 45.1 Å². The predicted molar refractivity (Wildman–Crippen MR) is 67.4 cm³/mol. The van der Waals surface area contributed by atoms with Crippen molar-refractivity contribution in [1.29, 1.82) is 0 Å². The van der Waals surface area contributed by atoms with Crippen LogP contribution >= 0.6 is 0 Å². The summed E-state index contributed by atoms with van der Waals surface area (Å²) in [7, 11) is 0. The number of ether oxygens (including phenoxy) is 1. The van der Waals surface area contributed by atoms with Crippen LogP contribution in [-0.4, -0.2) is 15.5 Å². The van der Waals surface area contributed by atoms with Crippen molar-refractivity contribution in [3.05, 3.63) is 30.2 Å². The Kier molecular flexibility index (Phi) is 2.75. The molecule has 0 aromatic carbocycles. The van der Waals surface area contributed by atoms with Crippen LogP contribution in [0.4, 0.5) is 0 Å². The molecule has 3 heteroatoms. The van der Waals surface area contributed by atoms with Gasteiger partial charge in [0.05, 0.1) is 11.7 Å². The Morgan fingerprint density at radius 3 is 2.88 bits per heavy atom. The van der Waals surface area contributed by atoms with Crippen LogP contribution in [0.2, 0.25) is 0 Å². The Morgan fingerprint density at radius 2 is 2.06 bits per heavy atom. The third-order valence-corrected chi connectivity index (χ3v) is 3.56. The molecule has 0 saturated heterocycles. The molecule has 1 saturated carbocycles. The Bertz CT molecular complexity index is 512. The van der Waals surface area contributed by atoms with Crippen LogP contribution in [0.1, 0.15) is 37.7 Å². The lowest BCUT2D eigenvalue weighted by Crippen LogP contribution is -2.21. The van der Waals surface area contributed by atoms with Gasteiger partial charge in [-0.15, -0.1) is 0 Å². The SMILES string of the molecule is Cc1ccc2cncn2c1OC1CCCCC1. The van der Waals surface area contributed by atoms with E-state index < -0.39 is 0 Å². The molecule has 0 amide bonds. The molecule has 0 unspecified atom stereocenters. The number of imidazole rings is 1. The zero-order valence-corrected chi connectivity index (χ0v) is 10.2. The summed E-state index contributed by atoms with van der Waals surface area (Å²) >= 11 is 0. The Balaban J connectivity index is 1.92. The van der Waals surface area contributed by atoms with E-state index >= 15 is 0 Å². The van der Waals surface area contributed by atoms with Crippen molar-refractivity contribution in [3.63, 3.8) is 0 Å². The standard InChI is InChI=1S/C14H18N2O/c1-11-7-8-12-9-15-10-16(12)14(11)17-13-5-3-2-4-6-13/h7-10,13H,2-6H2,1H3. The second-order valence-corrected chi connectivity index (χ2v) is 4.89. The Morgan fingerprint density at radius 1 is 1.24 bits per heavy atom. The van der Waals surface area contributed by atoms with Gasteiger partial charge in [0.1, 0.15) is 12.4 Å². The van der Waals surface area contributed by atoms with Gasteiger partial charge < -0.3 is 4.74 Å². The number of aromatic nitrogens is 2. The average molecular weight is 230 g/mol. The van der Waals surface area contributed by atoms with Gasteiger partial charge in [-0.2, -0.15) is 0 Å². The maximum Gasteiger partial charge on any atom is 0.202 e. The third-order valence-electron chi connectivity index (χ3n) is 3.56. The molecular weight excluding hydrogens is 212 g/mol. The highest BCUT2D eigenvalue weighted by molar-refractivity contribution is 5.50. The Hall–Kier alpha value is -1.51. The minimum absolute atomic E-state index is 0.385. The summed E-state index contributed by atoms with van der Waals surface area (Å²) < 4.78 is 8.23. The van der Waals surface area contributed by atoms with Crippen molar-refractivity contribution in [3.8, 4) is 5.88 Å². The fraction of sp³-hybridized carbons (Fsp3) is 0.500. The van der Waals surface area contributed by atoms with Crippen molar-refractivity contribution in [2.75, 3.05) is 0 Å². The number of aryl methyl sites for hydroxylation is 1. The van der Waals surface area contributed by atoms with Crippen LogP contribution in [0.5, 0.6) is 5.88 Å². The zero-order valence-electron chi connectivity index (χ0n) is 10.2. The van der Waals surface area contributed by atoms with E-state index in [0.717, 1.165) is 11.4 Å². The van der Waals surface area contributed by atoms with Gasteiger partial charge >= 0.3 is 0 Å². The van der Waals surface area contributed by atoms with Crippen LogP contribution in [0, 0.1) is 6.92 Å². The minimum atomic E-state index is 0.385. The van der Waals surface area contributed by atoms with E-state index in [1.54, 1.807) is 0 Å². The molecule has 0 radical (unpaired) electrons. The third kappa shape index (κ3) is 2.02. The monoisotopic (exact) mass is 230 g/mol. The number of pyridine rings is 1. The van der Waals surface area contributed by atoms with E-state index in [1.165, 1.54) is 37.7 Å². The van der Waals surface area contributed by atoms with Gasteiger partial charge in [-0.1, -0.05) is 12.5 Å². The lowest BCUT2D eigenvalue weighted by atomic mass is 9.98. The number of nitrogens with zero attached hydrogens (tertiary/aromatic N) is 2. The largest absolute Gasteiger partial charge is 0.475 e. The molecule has 17 heavy (non-hydrogen) atoms. The van der Waals surface area contributed by atoms with Gasteiger partial charge in [0.15, 0.2) is 0 Å². The molecule has 0 spiro atoms.